The van der Waals surface area contributed by atoms with E-state index in [9.17, 15) is 19.2 Å². The molecule has 1 aliphatic carbocycles. The topological polar surface area (TPSA) is 111 Å². The number of benzene rings is 2. The van der Waals surface area contributed by atoms with E-state index in [1.54, 1.807) is 20.8 Å². The van der Waals surface area contributed by atoms with Gasteiger partial charge in [-0.3, -0.25) is 14.4 Å². The maximum atomic E-state index is 14.6. The molecule has 2 aromatic heterocycles. The first-order valence-corrected chi connectivity index (χ1v) is 18.8. The monoisotopic (exact) mass is 710 g/mol. The number of ether oxygens (including phenoxy) is 2. The van der Waals surface area contributed by atoms with Crippen molar-refractivity contribution in [3.8, 4) is 21.8 Å². The number of likely N-dealkylation sites (tertiary alicyclic amines) is 1. The van der Waals surface area contributed by atoms with Crippen LogP contribution >= 0.6 is 11.3 Å². The number of rotatable bonds is 7. The van der Waals surface area contributed by atoms with E-state index in [0.29, 0.717) is 17.2 Å². The third kappa shape index (κ3) is 6.98. The minimum Gasteiger partial charge on any atom is -0.427 e. The second-order valence-corrected chi connectivity index (χ2v) is 16.5. The second-order valence-electron chi connectivity index (χ2n) is 15.4. The zero-order chi connectivity index (χ0) is 36.0. The number of anilines is 1. The van der Waals surface area contributed by atoms with Gasteiger partial charge in [0.1, 0.15) is 10.7 Å². The van der Waals surface area contributed by atoms with Crippen LogP contribution in [0.5, 0.6) is 0 Å². The van der Waals surface area contributed by atoms with E-state index >= 15 is 0 Å². The van der Waals surface area contributed by atoms with E-state index in [0.717, 1.165) is 84.5 Å². The molecular weight excluding hydrogens is 665 g/mol. The average molecular weight is 711 g/mol. The normalized spacial score (nSPS) is 19.7. The van der Waals surface area contributed by atoms with Crippen molar-refractivity contribution in [3.63, 3.8) is 0 Å². The summed E-state index contributed by atoms with van der Waals surface area (Å²) in [6.07, 6.45) is 5.20. The van der Waals surface area contributed by atoms with Crippen LogP contribution in [0.1, 0.15) is 86.2 Å². The van der Waals surface area contributed by atoms with Crippen LogP contribution in [0.4, 0.5) is 5.69 Å². The lowest BCUT2D eigenvalue weighted by Crippen LogP contribution is -2.49. The Morgan fingerprint density at radius 3 is 2.39 bits per heavy atom. The summed E-state index contributed by atoms with van der Waals surface area (Å²) < 4.78 is 12.8. The number of amides is 1. The molecule has 11 heteroatoms. The zero-order valence-corrected chi connectivity index (χ0v) is 30.9. The molecule has 1 amide bonds. The summed E-state index contributed by atoms with van der Waals surface area (Å²) in [6, 6.07) is 15.4. The van der Waals surface area contributed by atoms with Gasteiger partial charge in [0.15, 0.2) is 5.78 Å². The number of carbonyl (C=O) groups is 4. The molecule has 0 atom stereocenters. The van der Waals surface area contributed by atoms with Gasteiger partial charge < -0.3 is 23.8 Å². The number of hydrogen-bond donors (Lipinski definition) is 0. The first-order valence-electron chi connectivity index (χ1n) is 18.0. The number of nitrogens with zero attached hydrogens (tertiary/aromatic N) is 4. The van der Waals surface area contributed by atoms with Crippen molar-refractivity contribution in [1.82, 2.24) is 14.5 Å². The Kier molecular flexibility index (Phi) is 9.62. The van der Waals surface area contributed by atoms with Gasteiger partial charge in [-0.1, -0.05) is 25.1 Å². The van der Waals surface area contributed by atoms with Gasteiger partial charge in [-0.2, -0.15) is 0 Å². The number of Topliss-reactive ketones (excluding diaryl/α,β-unsaturated/α-hetero) is 1. The van der Waals surface area contributed by atoms with Crippen LogP contribution in [-0.2, 0) is 25.6 Å². The molecule has 2 aliphatic heterocycles. The van der Waals surface area contributed by atoms with Gasteiger partial charge in [0, 0.05) is 28.0 Å². The lowest BCUT2D eigenvalue weighted by atomic mass is 9.82. The van der Waals surface area contributed by atoms with Gasteiger partial charge >= 0.3 is 11.9 Å². The number of fused-ring (bicyclic) bond motifs is 5. The number of para-hydroxylation sites is 2. The highest BCUT2D eigenvalue weighted by molar-refractivity contribution is 7.18. The van der Waals surface area contributed by atoms with Crippen molar-refractivity contribution in [1.29, 1.82) is 0 Å². The second kappa shape index (κ2) is 14.0. The summed E-state index contributed by atoms with van der Waals surface area (Å²) in [7, 11) is 2.09. The molecule has 2 fully saturated rings. The van der Waals surface area contributed by atoms with Gasteiger partial charge in [0.25, 0.3) is 0 Å². The van der Waals surface area contributed by atoms with Crippen molar-refractivity contribution in [2.45, 2.75) is 78.8 Å². The maximum absolute atomic E-state index is 14.6. The van der Waals surface area contributed by atoms with Gasteiger partial charge in [0.05, 0.1) is 28.7 Å². The first-order chi connectivity index (χ1) is 24.4. The first kappa shape index (κ1) is 35.1. The van der Waals surface area contributed by atoms with Crippen molar-refractivity contribution in [2.75, 3.05) is 31.8 Å². The summed E-state index contributed by atoms with van der Waals surface area (Å²) in [5.74, 6) is 0.101. The fraction of sp³-hybridized carbons (Fsp3) is 0.475. The van der Waals surface area contributed by atoms with Crippen LogP contribution in [0, 0.1) is 17.3 Å². The summed E-state index contributed by atoms with van der Waals surface area (Å²) in [4.78, 5) is 64.6. The number of thiophene rings is 1. The number of hydrogen-bond acceptors (Lipinski definition) is 9. The van der Waals surface area contributed by atoms with Crippen LogP contribution in [-0.4, -0.2) is 71.1 Å². The molecule has 268 valence electrons. The molecule has 1 saturated heterocycles. The van der Waals surface area contributed by atoms with Crippen LogP contribution in [0.25, 0.3) is 32.9 Å². The Morgan fingerprint density at radius 1 is 0.941 bits per heavy atom. The predicted molar refractivity (Wildman–Crippen MR) is 198 cm³/mol. The molecule has 0 unspecified atom stereocenters. The number of piperidine rings is 1. The molecule has 7 rings (SSSR count). The predicted octanol–water partition coefficient (Wildman–Crippen LogP) is 7.59. The number of esters is 2. The number of aromatic nitrogens is 2. The van der Waals surface area contributed by atoms with Crippen LogP contribution < -0.4 is 4.90 Å². The van der Waals surface area contributed by atoms with Crippen LogP contribution in [0.2, 0.25) is 0 Å². The van der Waals surface area contributed by atoms with Crippen molar-refractivity contribution >= 4 is 51.7 Å². The smallest absolute Gasteiger partial charge is 0.353 e. The van der Waals surface area contributed by atoms with Gasteiger partial charge in [-0.15, -0.1) is 11.3 Å². The fourth-order valence-electron chi connectivity index (χ4n) is 7.51. The summed E-state index contributed by atoms with van der Waals surface area (Å²) in [5.41, 5.74) is 3.62. The zero-order valence-electron chi connectivity index (χ0n) is 30.1. The molecule has 51 heavy (non-hydrogen) atoms. The Bertz CT molecular complexity index is 1990. The van der Waals surface area contributed by atoms with E-state index in [4.69, 9.17) is 14.5 Å². The highest BCUT2D eigenvalue weighted by Crippen LogP contribution is 2.43. The molecule has 4 aromatic rings. The molecule has 0 N–H and O–H groups in total. The fourth-order valence-corrected chi connectivity index (χ4v) is 8.55. The quantitative estimate of drug-likeness (QED) is 0.143. The summed E-state index contributed by atoms with van der Waals surface area (Å²) in [6.45, 7) is 8.77. The van der Waals surface area contributed by atoms with E-state index in [1.807, 2.05) is 58.0 Å². The number of carbonyl (C=O) groups excluding carboxylic acids is 4. The molecular formula is C40H46N4O6S. The number of ketones is 1. The van der Waals surface area contributed by atoms with Crippen molar-refractivity contribution in [2.24, 2.45) is 17.3 Å². The minimum absolute atomic E-state index is 0.0192. The Labute approximate surface area is 302 Å². The van der Waals surface area contributed by atoms with Gasteiger partial charge in [-0.25, -0.2) is 9.78 Å². The molecule has 2 aromatic carbocycles. The molecule has 0 radical (unpaired) electrons. The Balaban J connectivity index is 1.28. The summed E-state index contributed by atoms with van der Waals surface area (Å²) in [5, 5.41) is 0. The van der Waals surface area contributed by atoms with Gasteiger partial charge in [0.2, 0.25) is 12.7 Å². The maximum Gasteiger partial charge on any atom is 0.353 e. The van der Waals surface area contributed by atoms with E-state index in [1.165, 1.54) is 11.3 Å². The largest absolute Gasteiger partial charge is 0.427 e. The standard InChI is InChI=1S/C40H46N4O6S/c1-24-10-12-25(13-11-24)37(46)44(27-16-18-42(5)19-17-27)32-21-34(51-35(32)38(47)49-23-50-39(48)40(2,3)4)26-14-15-28-29(20-26)33(45)22-43-31-9-7-6-8-30(31)41-36(28)43/h6-9,14-15,20-21,24-25,27H,10-13,16-19,22-23H2,1-5H3. The van der Waals surface area contributed by atoms with E-state index in [2.05, 4.69) is 18.9 Å². The molecule has 1 saturated carbocycles. The molecule has 3 aliphatic rings. The third-order valence-corrected chi connectivity index (χ3v) is 11.8. The molecule has 0 bridgehead atoms. The van der Waals surface area contributed by atoms with E-state index in [-0.39, 0.29) is 35.1 Å². The highest BCUT2D eigenvalue weighted by atomic mass is 32.1. The highest BCUT2D eigenvalue weighted by Gasteiger charge is 2.38. The molecule has 10 nitrogen and oxygen atoms in total. The minimum atomic E-state index is -0.754. The van der Waals surface area contributed by atoms with Crippen LogP contribution in [0.3, 0.4) is 0 Å². The van der Waals surface area contributed by atoms with Crippen LogP contribution in [0.15, 0.2) is 48.5 Å². The van der Waals surface area contributed by atoms with Crippen molar-refractivity contribution in [3.05, 3.63) is 59.0 Å². The third-order valence-electron chi connectivity index (χ3n) is 10.6. The Morgan fingerprint density at radius 2 is 1.67 bits per heavy atom. The lowest BCUT2D eigenvalue weighted by molar-refractivity contribution is -0.161. The molecule has 0 spiro atoms. The average Bonchev–Trinajstić information content (AvgIpc) is 3.71. The van der Waals surface area contributed by atoms with E-state index < -0.39 is 24.1 Å². The van der Waals surface area contributed by atoms with Crippen molar-refractivity contribution < 1.29 is 28.7 Å². The molecule has 4 heterocycles. The van der Waals surface area contributed by atoms with Gasteiger partial charge in [-0.05, 0) is 121 Å². The summed E-state index contributed by atoms with van der Waals surface area (Å²) >= 11 is 1.23. The SMILES string of the molecule is CC1CCC(C(=O)N(c2cc(-c3ccc4c(c3)C(=O)Cn3c-4nc4ccccc43)sc2C(=O)OCOC(=O)C(C)(C)C)C2CCN(C)CC2)CC1. The number of imidazole rings is 1. The Hall–Kier alpha value is -4.35. The lowest BCUT2D eigenvalue weighted by Gasteiger charge is -2.40.